The Hall–Kier alpha value is -1.58. The van der Waals surface area contributed by atoms with Crippen LogP contribution in [-0.2, 0) is 6.42 Å². The highest BCUT2D eigenvalue weighted by molar-refractivity contribution is 5.80. The molecule has 2 fully saturated rings. The average Bonchev–Trinajstić information content (AvgIpc) is 2.99. The Kier molecular flexibility index (Phi) is 5.52. The average molecular weight is 314 g/mol. The van der Waals surface area contributed by atoms with Crippen LogP contribution in [-0.4, -0.2) is 42.0 Å². The van der Waals surface area contributed by atoms with Crippen LogP contribution >= 0.6 is 0 Å². The monoisotopic (exact) mass is 314 g/mol. The van der Waals surface area contributed by atoms with Crippen LogP contribution in [0.15, 0.2) is 29.5 Å². The second-order valence-electron chi connectivity index (χ2n) is 7.08. The molecule has 2 aliphatic rings. The number of pyridine rings is 1. The topological polar surface area (TPSA) is 40.5 Å². The van der Waals surface area contributed by atoms with Gasteiger partial charge in [-0.2, -0.15) is 0 Å². The Morgan fingerprint density at radius 3 is 2.91 bits per heavy atom. The fraction of sp³-hybridized carbons (Fsp3) is 0.684. The van der Waals surface area contributed by atoms with Crippen molar-refractivity contribution < 1.29 is 0 Å². The molecule has 0 bridgehead atoms. The fourth-order valence-corrected chi connectivity index (χ4v) is 4.09. The molecule has 0 atom stereocenters. The zero-order chi connectivity index (χ0) is 16.0. The van der Waals surface area contributed by atoms with Crippen LogP contribution < -0.4 is 5.32 Å². The lowest BCUT2D eigenvalue weighted by Crippen LogP contribution is -2.41. The maximum atomic E-state index is 4.87. The minimum absolute atomic E-state index is 0.581. The molecule has 1 aliphatic heterocycles. The minimum atomic E-state index is 0.581. The number of nitrogens with one attached hydrogen (secondary N) is 1. The quantitative estimate of drug-likeness (QED) is 0.685. The number of guanidine groups is 1. The summed E-state index contributed by atoms with van der Waals surface area (Å²) >= 11 is 0. The number of aromatic nitrogens is 1. The van der Waals surface area contributed by atoms with E-state index in [1.54, 1.807) is 0 Å². The molecule has 1 saturated carbocycles. The summed E-state index contributed by atoms with van der Waals surface area (Å²) in [6.07, 6.45) is 13.2. The molecule has 0 radical (unpaired) electrons. The number of likely N-dealkylation sites (tertiary alicyclic amines) is 1. The van der Waals surface area contributed by atoms with Gasteiger partial charge in [-0.3, -0.25) is 9.98 Å². The Morgan fingerprint density at radius 2 is 2.17 bits per heavy atom. The largest absolute Gasteiger partial charge is 0.357 e. The smallest absolute Gasteiger partial charge is 0.193 e. The number of nitrogens with zero attached hydrogens (tertiary/aromatic N) is 3. The van der Waals surface area contributed by atoms with E-state index in [0.29, 0.717) is 5.41 Å². The summed E-state index contributed by atoms with van der Waals surface area (Å²) in [5, 5.41) is 3.49. The Morgan fingerprint density at radius 1 is 1.30 bits per heavy atom. The molecular formula is C19H30N4. The van der Waals surface area contributed by atoms with Crippen molar-refractivity contribution in [3.05, 3.63) is 30.1 Å². The molecule has 1 spiro atoms. The molecule has 0 aromatic carbocycles. The highest BCUT2D eigenvalue weighted by Crippen LogP contribution is 2.43. The van der Waals surface area contributed by atoms with Crippen molar-refractivity contribution in [2.24, 2.45) is 10.4 Å². The molecule has 2 heterocycles. The first-order valence-electron chi connectivity index (χ1n) is 9.23. The molecule has 1 saturated heterocycles. The van der Waals surface area contributed by atoms with E-state index in [-0.39, 0.29) is 0 Å². The lowest BCUT2D eigenvalue weighted by atomic mass is 9.73. The first-order valence-corrected chi connectivity index (χ1v) is 9.23. The molecule has 23 heavy (non-hydrogen) atoms. The lowest BCUT2D eigenvalue weighted by molar-refractivity contribution is 0.203. The van der Waals surface area contributed by atoms with Crippen LogP contribution in [0, 0.1) is 5.41 Å². The fourth-order valence-electron chi connectivity index (χ4n) is 4.09. The van der Waals surface area contributed by atoms with Gasteiger partial charge in [0, 0.05) is 38.6 Å². The second-order valence-corrected chi connectivity index (χ2v) is 7.08. The molecule has 3 rings (SSSR count). The van der Waals surface area contributed by atoms with Gasteiger partial charge in [0.1, 0.15) is 0 Å². The lowest BCUT2D eigenvalue weighted by Gasteiger charge is -2.33. The van der Waals surface area contributed by atoms with Gasteiger partial charge < -0.3 is 10.2 Å². The Labute approximate surface area is 140 Å². The van der Waals surface area contributed by atoms with E-state index in [1.165, 1.54) is 57.2 Å². The predicted octanol–water partition coefficient (Wildman–Crippen LogP) is 3.25. The first-order chi connectivity index (χ1) is 11.3. The molecule has 126 valence electrons. The van der Waals surface area contributed by atoms with Crippen LogP contribution in [0.3, 0.4) is 0 Å². The summed E-state index contributed by atoms with van der Waals surface area (Å²) in [5.74, 6) is 1.11. The zero-order valence-corrected chi connectivity index (χ0v) is 14.4. The van der Waals surface area contributed by atoms with Crippen molar-refractivity contribution in [3.63, 3.8) is 0 Å². The molecule has 4 heteroatoms. The molecule has 4 nitrogen and oxygen atoms in total. The molecule has 1 N–H and O–H groups in total. The van der Waals surface area contributed by atoms with Crippen molar-refractivity contribution in [1.29, 1.82) is 0 Å². The van der Waals surface area contributed by atoms with Crippen molar-refractivity contribution >= 4 is 5.96 Å². The van der Waals surface area contributed by atoms with E-state index in [4.69, 9.17) is 4.99 Å². The number of aliphatic imine (C=N–C) groups is 1. The summed E-state index contributed by atoms with van der Waals surface area (Å²) in [6, 6.07) is 4.12. The van der Waals surface area contributed by atoms with Gasteiger partial charge in [0.2, 0.25) is 0 Å². The normalized spacial score (nSPS) is 20.9. The van der Waals surface area contributed by atoms with Crippen LogP contribution in [0.1, 0.15) is 51.0 Å². The first kappa shape index (κ1) is 16.3. The van der Waals surface area contributed by atoms with Crippen LogP contribution in [0.4, 0.5) is 0 Å². The van der Waals surface area contributed by atoms with Crippen LogP contribution in [0.2, 0.25) is 0 Å². The van der Waals surface area contributed by atoms with Gasteiger partial charge in [-0.1, -0.05) is 25.3 Å². The van der Waals surface area contributed by atoms with Gasteiger partial charge in [-0.25, -0.2) is 0 Å². The molecule has 0 unspecified atom stereocenters. The van der Waals surface area contributed by atoms with Crippen molar-refractivity contribution in [3.8, 4) is 0 Å². The summed E-state index contributed by atoms with van der Waals surface area (Å²) in [6.45, 7) is 6.29. The van der Waals surface area contributed by atoms with Gasteiger partial charge in [-0.05, 0) is 49.7 Å². The standard InChI is InChI=1S/C19H30N4/c1-2-21-18(22-13-8-17-7-6-12-20-15-17)23-14-11-19(16-23)9-4-3-5-10-19/h6-7,12,15H,2-5,8-11,13-14,16H2,1H3,(H,21,22). The molecule has 1 aromatic rings. The van der Waals surface area contributed by atoms with Crippen molar-refractivity contribution in [2.45, 2.75) is 51.9 Å². The SMILES string of the molecule is CCNC(=NCCc1cccnc1)N1CCC2(CCCCC2)C1. The van der Waals surface area contributed by atoms with E-state index in [9.17, 15) is 0 Å². The van der Waals surface area contributed by atoms with E-state index < -0.39 is 0 Å². The third kappa shape index (κ3) is 4.24. The van der Waals surface area contributed by atoms with Gasteiger partial charge >= 0.3 is 0 Å². The molecular weight excluding hydrogens is 284 g/mol. The van der Waals surface area contributed by atoms with Gasteiger partial charge in [0.25, 0.3) is 0 Å². The summed E-state index contributed by atoms with van der Waals surface area (Å²) in [4.78, 5) is 11.5. The second kappa shape index (κ2) is 7.80. The van der Waals surface area contributed by atoms with Gasteiger partial charge in [-0.15, -0.1) is 0 Å². The van der Waals surface area contributed by atoms with Crippen molar-refractivity contribution in [1.82, 2.24) is 15.2 Å². The number of hydrogen-bond donors (Lipinski definition) is 1. The molecule has 1 aliphatic carbocycles. The van der Waals surface area contributed by atoms with Crippen molar-refractivity contribution in [2.75, 3.05) is 26.2 Å². The summed E-state index contributed by atoms with van der Waals surface area (Å²) in [7, 11) is 0. The molecule has 1 aromatic heterocycles. The highest BCUT2D eigenvalue weighted by Gasteiger charge is 2.39. The highest BCUT2D eigenvalue weighted by atomic mass is 15.3. The maximum absolute atomic E-state index is 4.87. The van der Waals surface area contributed by atoms with E-state index >= 15 is 0 Å². The van der Waals surface area contributed by atoms with Gasteiger partial charge in [0.15, 0.2) is 5.96 Å². The number of hydrogen-bond acceptors (Lipinski definition) is 2. The van der Waals surface area contributed by atoms with Crippen LogP contribution in [0.5, 0.6) is 0 Å². The summed E-state index contributed by atoms with van der Waals surface area (Å²) < 4.78 is 0. The van der Waals surface area contributed by atoms with Gasteiger partial charge in [0.05, 0.1) is 0 Å². The molecule has 0 amide bonds. The third-order valence-electron chi connectivity index (χ3n) is 5.37. The van der Waals surface area contributed by atoms with E-state index in [0.717, 1.165) is 25.5 Å². The van der Waals surface area contributed by atoms with Crippen LogP contribution in [0.25, 0.3) is 0 Å². The predicted molar refractivity (Wildman–Crippen MR) is 95.6 cm³/mol. The Bertz CT molecular complexity index is 505. The maximum Gasteiger partial charge on any atom is 0.193 e. The summed E-state index contributed by atoms with van der Waals surface area (Å²) in [5.41, 5.74) is 1.84. The third-order valence-corrected chi connectivity index (χ3v) is 5.37. The zero-order valence-electron chi connectivity index (χ0n) is 14.4. The van der Waals surface area contributed by atoms with E-state index in [1.807, 2.05) is 18.5 Å². The van der Waals surface area contributed by atoms with E-state index in [2.05, 4.69) is 28.2 Å². The number of rotatable bonds is 4. The minimum Gasteiger partial charge on any atom is -0.357 e. The Balaban J connectivity index is 1.58.